The molecule has 0 fully saturated rings. The van der Waals surface area contributed by atoms with E-state index in [1.807, 2.05) is 0 Å². The zero-order valence-electron chi connectivity index (χ0n) is 11.2. The molecule has 0 aliphatic rings. The van der Waals surface area contributed by atoms with Crippen molar-refractivity contribution < 1.29 is 9.53 Å². The van der Waals surface area contributed by atoms with Crippen LogP contribution in [0.25, 0.3) is 0 Å². The quantitative estimate of drug-likeness (QED) is 0.488. The van der Waals surface area contributed by atoms with Crippen molar-refractivity contribution in [2.24, 2.45) is 0 Å². The summed E-state index contributed by atoms with van der Waals surface area (Å²) >= 11 is 12.5. The van der Waals surface area contributed by atoms with Crippen LogP contribution in [-0.2, 0) is 4.74 Å². The van der Waals surface area contributed by atoms with E-state index in [2.05, 4.69) is 24.6 Å². The lowest BCUT2D eigenvalue weighted by molar-refractivity contribution is 0.0525. The summed E-state index contributed by atoms with van der Waals surface area (Å²) in [7, 11) is -1.78. The first kappa shape index (κ1) is 15.5. The molecular formula is C12H17Cl2NO2Si. The van der Waals surface area contributed by atoms with Crippen molar-refractivity contribution in [3.05, 3.63) is 21.4 Å². The van der Waals surface area contributed by atoms with Gasteiger partial charge in [0.15, 0.2) is 0 Å². The largest absolute Gasteiger partial charge is 0.462 e. The highest BCUT2D eigenvalue weighted by Crippen LogP contribution is 2.25. The van der Waals surface area contributed by atoms with Crippen LogP contribution >= 0.6 is 23.2 Å². The summed E-state index contributed by atoms with van der Waals surface area (Å²) in [6.07, 6.45) is 0. The number of aromatic nitrogens is 1. The van der Waals surface area contributed by atoms with E-state index in [1.54, 1.807) is 13.8 Å². The van der Waals surface area contributed by atoms with Gasteiger partial charge in [-0.25, -0.2) is 9.78 Å². The van der Waals surface area contributed by atoms with Crippen LogP contribution in [0.5, 0.6) is 0 Å². The van der Waals surface area contributed by atoms with E-state index in [-0.39, 0.29) is 0 Å². The minimum atomic E-state index is -1.78. The van der Waals surface area contributed by atoms with Gasteiger partial charge in [-0.2, -0.15) is 0 Å². The van der Waals surface area contributed by atoms with Crippen molar-refractivity contribution in [3.63, 3.8) is 0 Å². The maximum Gasteiger partial charge on any atom is 0.341 e. The van der Waals surface area contributed by atoms with Gasteiger partial charge in [0.05, 0.1) is 31.0 Å². The van der Waals surface area contributed by atoms with E-state index in [0.29, 0.717) is 28.0 Å². The minimum Gasteiger partial charge on any atom is -0.462 e. The number of aryl methyl sites for hydroxylation is 1. The number of esters is 1. The first-order valence-electron chi connectivity index (χ1n) is 5.73. The van der Waals surface area contributed by atoms with Crippen LogP contribution in [0.15, 0.2) is 0 Å². The van der Waals surface area contributed by atoms with Crippen LogP contribution in [0.3, 0.4) is 0 Å². The van der Waals surface area contributed by atoms with Crippen LogP contribution in [0.1, 0.15) is 23.0 Å². The molecule has 0 aliphatic heterocycles. The molecule has 3 nitrogen and oxygen atoms in total. The molecule has 0 aliphatic carbocycles. The highest BCUT2D eigenvalue weighted by Gasteiger charge is 2.29. The molecule has 1 aromatic heterocycles. The van der Waals surface area contributed by atoms with Gasteiger partial charge in [0.2, 0.25) is 0 Å². The monoisotopic (exact) mass is 305 g/mol. The average molecular weight is 306 g/mol. The van der Waals surface area contributed by atoms with E-state index >= 15 is 0 Å². The number of carbonyl (C=O) groups excluding carboxylic acids is 1. The zero-order valence-corrected chi connectivity index (χ0v) is 13.7. The molecule has 0 aromatic carbocycles. The fourth-order valence-corrected chi connectivity index (χ4v) is 5.44. The number of halogens is 2. The van der Waals surface area contributed by atoms with Crippen molar-refractivity contribution in [3.8, 4) is 0 Å². The summed E-state index contributed by atoms with van der Waals surface area (Å²) in [6.45, 7) is 10.1. The predicted octanol–water partition coefficient (Wildman–Crippen LogP) is 3.42. The molecule has 0 unspecified atom stereocenters. The number of carbonyl (C=O) groups is 1. The van der Waals surface area contributed by atoms with E-state index in [4.69, 9.17) is 27.9 Å². The number of nitrogens with zero attached hydrogens (tertiary/aromatic N) is 1. The highest BCUT2D eigenvalue weighted by molar-refractivity contribution is 6.91. The Balaban J connectivity index is 3.50. The van der Waals surface area contributed by atoms with Gasteiger partial charge in [0, 0.05) is 0 Å². The molecule has 0 atom stereocenters. The standard InChI is InChI=1S/C12H17Cl2NO2Si/c1-6-17-12(16)8-7(2)15-11(14)10(9(8)13)18(3,4)5/h6H2,1-5H3. The van der Waals surface area contributed by atoms with E-state index < -0.39 is 14.0 Å². The molecular weight excluding hydrogens is 289 g/mol. The first-order valence-corrected chi connectivity index (χ1v) is 9.99. The van der Waals surface area contributed by atoms with Crippen LogP contribution in [-0.4, -0.2) is 25.6 Å². The Morgan fingerprint density at radius 1 is 1.33 bits per heavy atom. The van der Waals surface area contributed by atoms with Crippen molar-refractivity contribution in [2.75, 3.05) is 6.61 Å². The van der Waals surface area contributed by atoms with Gasteiger partial charge in [0.1, 0.15) is 5.15 Å². The lowest BCUT2D eigenvalue weighted by atomic mass is 10.2. The van der Waals surface area contributed by atoms with Gasteiger partial charge in [-0.3, -0.25) is 0 Å². The van der Waals surface area contributed by atoms with Crippen molar-refractivity contribution in [2.45, 2.75) is 33.5 Å². The van der Waals surface area contributed by atoms with E-state index in [9.17, 15) is 4.79 Å². The molecule has 100 valence electrons. The number of hydrogen-bond acceptors (Lipinski definition) is 3. The Morgan fingerprint density at radius 3 is 2.33 bits per heavy atom. The minimum absolute atomic E-state index is 0.305. The molecule has 0 bridgehead atoms. The number of rotatable bonds is 3. The summed E-state index contributed by atoms with van der Waals surface area (Å²) in [6, 6.07) is 0. The molecule has 6 heteroatoms. The lowest BCUT2D eigenvalue weighted by Gasteiger charge is -2.21. The smallest absolute Gasteiger partial charge is 0.341 e. The highest BCUT2D eigenvalue weighted by atomic mass is 35.5. The third kappa shape index (κ3) is 3.05. The molecule has 0 saturated heterocycles. The Kier molecular flexibility index (Phi) is 4.81. The molecule has 0 amide bonds. The Hall–Kier alpha value is -0.583. The van der Waals surface area contributed by atoms with Crippen LogP contribution in [0.2, 0.25) is 29.8 Å². The van der Waals surface area contributed by atoms with Crippen molar-refractivity contribution in [1.82, 2.24) is 4.98 Å². The summed E-state index contributed by atoms with van der Waals surface area (Å²) in [5.74, 6) is -0.441. The van der Waals surface area contributed by atoms with Crippen LogP contribution < -0.4 is 5.19 Å². The van der Waals surface area contributed by atoms with Crippen LogP contribution in [0, 0.1) is 6.92 Å². The van der Waals surface area contributed by atoms with Crippen molar-refractivity contribution in [1.29, 1.82) is 0 Å². The molecule has 0 N–H and O–H groups in total. The molecule has 0 saturated carbocycles. The van der Waals surface area contributed by atoms with Gasteiger partial charge in [0.25, 0.3) is 0 Å². The number of ether oxygens (including phenoxy) is 1. The second kappa shape index (κ2) is 5.59. The van der Waals surface area contributed by atoms with Gasteiger partial charge in [-0.15, -0.1) is 0 Å². The maximum atomic E-state index is 11.9. The average Bonchev–Trinajstić information content (AvgIpc) is 2.13. The molecule has 0 radical (unpaired) electrons. The molecule has 1 aromatic rings. The number of hydrogen-bond donors (Lipinski definition) is 0. The maximum absolute atomic E-state index is 11.9. The summed E-state index contributed by atoms with van der Waals surface area (Å²) < 4.78 is 5.01. The van der Waals surface area contributed by atoms with E-state index in [1.165, 1.54) is 0 Å². The second-order valence-electron chi connectivity index (χ2n) is 5.02. The SMILES string of the molecule is CCOC(=O)c1c(C)nc(Cl)c([Si](C)(C)C)c1Cl. The lowest BCUT2D eigenvalue weighted by Crippen LogP contribution is -2.41. The first-order chi connectivity index (χ1) is 8.20. The van der Waals surface area contributed by atoms with E-state index in [0.717, 1.165) is 5.19 Å². The van der Waals surface area contributed by atoms with Crippen molar-refractivity contribution >= 4 is 42.4 Å². The Labute approximate surface area is 118 Å². The summed E-state index contributed by atoms with van der Waals surface area (Å²) in [5, 5.41) is 1.59. The third-order valence-electron chi connectivity index (χ3n) is 2.50. The fraction of sp³-hybridized carbons (Fsp3) is 0.500. The van der Waals surface area contributed by atoms with Crippen LogP contribution in [0.4, 0.5) is 0 Å². The molecule has 1 heterocycles. The molecule has 18 heavy (non-hydrogen) atoms. The van der Waals surface area contributed by atoms with Gasteiger partial charge in [-0.05, 0) is 19.0 Å². The summed E-state index contributed by atoms with van der Waals surface area (Å²) in [5.41, 5.74) is 0.839. The van der Waals surface area contributed by atoms with Gasteiger partial charge >= 0.3 is 5.97 Å². The fourth-order valence-electron chi connectivity index (χ4n) is 1.71. The molecule has 0 spiro atoms. The zero-order chi connectivity index (χ0) is 14.1. The predicted molar refractivity (Wildman–Crippen MR) is 77.9 cm³/mol. The molecule has 1 rings (SSSR count). The van der Waals surface area contributed by atoms with Gasteiger partial charge in [-0.1, -0.05) is 42.8 Å². The summed E-state index contributed by atoms with van der Waals surface area (Å²) in [4.78, 5) is 16.1. The second-order valence-corrected chi connectivity index (χ2v) is 10.8. The third-order valence-corrected chi connectivity index (χ3v) is 5.46. The van der Waals surface area contributed by atoms with Gasteiger partial charge < -0.3 is 4.74 Å². The Bertz CT molecular complexity index is 484. The number of pyridine rings is 1. The Morgan fingerprint density at radius 2 is 1.89 bits per heavy atom. The topological polar surface area (TPSA) is 39.2 Å². The normalized spacial score (nSPS) is 11.5.